The third kappa shape index (κ3) is 4.45. The van der Waals surface area contributed by atoms with E-state index in [1.807, 2.05) is 93.0 Å². The topological polar surface area (TPSA) is 85.8 Å². The number of benzene rings is 2. The minimum absolute atomic E-state index is 0.104. The van der Waals surface area contributed by atoms with Crippen molar-refractivity contribution in [2.75, 3.05) is 0 Å². The Morgan fingerprint density at radius 3 is 2.43 bits per heavy atom. The van der Waals surface area contributed by atoms with Crippen LogP contribution in [0.3, 0.4) is 0 Å². The summed E-state index contributed by atoms with van der Waals surface area (Å²) in [6.07, 6.45) is 3.39. The van der Waals surface area contributed by atoms with Crippen LogP contribution in [-0.2, 0) is 0 Å². The van der Waals surface area contributed by atoms with Crippen molar-refractivity contribution in [3.63, 3.8) is 0 Å². The first-order valence-corrected chi connectivity index (χ1v) is 11.7. The molecule has 2 aromatic carbocycles. The van der Waals surface area contributed by atoms with E-state index in [2.05, 4.69) is 15.4 Å². The summed E-state index contributed by atoms with van der Waals surface area (Å²) in [5, 5.41) is 8.25. The number of nitrogens with one attached hydrogen (secondary N) is 1. The smallest absolute Gasteiger partial charge is 0.252 e. The molecule has 3 aromatic heterocycles. The lowest BCUT2D eigenvalue weighted by Gasteiger charge is -2.13. The Hall–Kier alpha value is -4.26. The summed E-state index contributed by atoms with van der Waals surface area (Å²) < 4.78 is 7.78. The number of oxazole rings is 1. The van der Waals surface area contributed by atoms with E-state index in [1.54, 1.807) is 12.4 Å². The predicted octanol–water partition coefficient (Wildman–Crippen LogP) is 6.13. The first-order valence-electron chi connectivity index (χ1n) is 11.7. The van der Waals surface area contributed by atoms with Gasteiger partial charge < -0.3 is 9.73 Å². The summed E-state index contributed by atoms with van der Waals surface area (Å²) in [7, 11) is 0. The summed E-state index contributed by atoms with van der Waals surface area (Å²) in [5.41, 5.74) is 4.95. The fourth-order valence-electron chi connectivity index (χ4n) is 4.02. The summed E-state index contributed by atoms with van der Waals surface area (Å²) in [6.45, 7) is 7.98. The lowest BCUT2D eigenvalue weighted by molar-refractivity contribution is 0.0936. The summed E-state index contributed by atoms with van der Waals surface area (Å²) in [6, 6.07) is 19.4. The molecule has 0 aliphatic heterocycles. The van der Waals surface area contributed by atoms with Gasteiger partial charge in [-0.3, -0.25) is 4.79 Å². The van der Waals surface area contributed by atoms with Gasteiger partial charge in [0.2, 0.25) is 5.89 Å². The second kappa shape index (κ2) is 9.18. The second-order valence-electron chi connectivity index (χ2n) is 8.97. The minimum Gasteiger partial charge on any atom is -0.438 e. The van der Waals surface area contributed by atoms with Gasteiger partial charge in [0, 0.05) is 17.2 Å². The van der Waals surface area contributed by atoms with Crippen molar-refractivity contribution in [2.45, 2.75) is 39.8 Å². The maximum atomic E-state index is 13.5. The normalized spacial score (nSPS) is 12.3. The molecule has 0 spiro atoms. The number of amides is 1. The molecule has 0 bridgehead atoms. The Balaban J connectivity index is 1.49. The SMILES string of the molecule is Cc1ccc(-c2cc(C(=O)NC(C)c3ncc(-c4ccccc4)o3)c3cnn(C(C)C)c3n2)cc1. The van der Waals surface area contributed by atoms with Crippen LogP contribution in [0.1, 0.15) is 54.7 Å². The van der Waals surface area contributed by atoms with Gasteiger partial charge in [-0.1, -0.05) is 60.2 Å². The van der Waals surface area contributed by atoms with Crippen molar-refractivity contribution in [3.8, 4) is 22.6 Å². The van der Waals surface area contributed by atoms with Crippen molar-refractivity contribution < 1.29 is 9.21 Å². The lowest BCUT2D eigenvalue weighted by atomic mass is 10.0. The first-order chi connectivity index (χ1) is 16.9. The molecule has 0 saturated carbocycles. The Bertz CT molecular complexity index is 1480. The van der Waals surface area contributed by atoms with Crippen LogP contribution < -0.4 is 5.32 Å². The average Bonchev–Trinajstić information content (AvgIpc) is 3.52. The highest BCUT2D eigenvalue weighted by Gasteiger charge is 2.22. The zero-order chi connectivity index (χ0) is 24.5. The van der Waals surface area contributed by atoms with Crippen molar-refractivity contribution >= 4 is 16.9 Å². The lowest BCUT2D eigenvalue weighted by Crippen LogP contribution is -2.27. The van der Waals surface area contributed by atoms with Crippen LogP contribution in [0.5, 0.6) is 0 Å². The molecule has 1 atom stereocenters. The Morgan fingerprint density at radius 2 is 1.71 bits per heavy atom. The number of nitrogens with zero attached hydrogens (tertiary/aromatic N) is 4. The number of carbonyl (C=O) groups is 1. The Morgan fingerprint density at radius 1 is 0.971 bits per heavy atom. The number of hydrogen-bond acceptors (Lipinski definition) is 5. The summed E-state index contributed by atoms with van der Waals surface area (Å²) >= 11 is 0. The average molecular weight is 466 g/mol. The summed E-state index contributed by atoms with van der Waals surface area (Å²) in [5.74, 6) is 0.869. The molecular weight excluding hydrogens is 438 g/mol. The standard InChI is InChI=1S/C28H27N5O2/c1-17(2)33-26-23(15-30-33)22(14-24(32-26)20-12-10-18(3)11-13-20)27(34)31-19(4)28-29-16-25(35-28)21-8-6-5-7-9-21/h5-17,19H,1-4H3,(H,31,34). The number of hydrogen-bond donors (Lipinski definition) is 1. The molecule has 0 aliphatic rings. The monoisotopic (exact) mass is 465 g/mol. The van der Waals surface area contributed by atoms with Crippen molar-refractivity contribution in [1.29, 1.82) is 0 Å². The fourth-order valence-corrected chi connectivity index (χ4v) is 4.02. The van der Waals surface area contributed by atoms with E-state index in [9.17, 15) is 4.79 Å². The molecular formula is C28H27N5O2. The molecule has 35 heavy (non-hydrogen) atoms. The van der Waals surface area contributed by atoms with Gasteiger partial charge in [-0.05, 0) is 33.8 Å². The molecule has 7 heteroatoms. The van der Waals surface area contributed by atoms with Crippen LogP contribution in [0.25, 0.3) is 33.6 Å². The van der Waals surface area contributed by atoms with E-state index in [0.29, 0.717) is 28.2 Å². The highest BCUT2D eigenvalue weighted by Crippen LogP contribution is 2.28. The Kier molecular flexibility index (Phi) is 5.91. The van der Waals surface area contributed by atoms with E-state index in [4.69, 9.17) is 9.40 Å². The molecule has 7 nitrogen and oxygen atoms in total. The van der Waals surface area contributed by atoms with Gasteiger partial charge in [-0.2, -0.15) is 5.10 Å². The number of aromatic nitrogens is 4. The maximum absolute atomic E-state index is 13.5. The maximum Gasteiger partial charge on any atom is 0.252 e. The molecule has 1 amide bonds. The fraction of sp³-hybridized carbons (Fsp3) is 0.214. The van der Waals surface area contributed by atoms with E-state index in [-0.39, 0.29) is 11.9 Å². The van der Waals surface area contributed by atoms with Crippen LogP contribution >= 0.6 is 0 Å². The molecule has 3 heterocycles. The molecule has 0 fully saturated rings. The van der Waals surface area contributed by atoms with Crippen LogP contribution in [0, 0.1) is 6.92 Å². The molecule has 5 rings (SSSR count). The third-order valence-corrected chi connectivity index (χ3v) is 5.95. The number of aryl methyl sites for hydroxylation is 1. The quantitative estimate of drug-likeness (QED) is 0.326. The van der Waals surface area contributed by atoms with E-state index in [0.717, 1.165) is 22.4 Å². The van der Waals surface area contributed by atoms with Crippen LogP contribution in [0.2, 0.25) is 0 Å². The molecule has 0 aliphatic carbocycles. The zero-order valence-electron chi connectivity index (χ0n) is 20.2. The van der Waals surface area contributed by atoms with E-state index >= 15 is 0 Å². The largest absolute Gasteiger partial charge is 0.438 e. The van der Waals surface area contributed by atoms with Crippen molar-refractivity contribution in [1.82, 2.24) is 25.1 Å². The second-order valence-corrected chi connectivity index (χ2v) is 8.97. The molecule has 1 N–H and O–H groups in total. The highest BCUT2D eigenvalue weighted by atomic mass is 16.4. The zero-order valence-corrected chi connectivity index (χ0v) is 20.2. The molecule has 5 aromatic rings. The number of fused-ring (bicyclic) bond motifs is 1. The number of pyridine rings is 1. The first kappa shape index (κ1) is 22.5. The van der Waals surface area contributed by atoms with E-state index in [1.165, 1.54) is 0 Å². The molecule has 176 valence electrons. The van der Waals surface area contributed by atoms with Gasteiger partial charge >= 0.3 is 0 Å². The van der Waals surface area contributed by atoms with Crippen LogP contribution in [0.4, 0.5) is 0 Å². The molecule has 0 saturated heterocycles. The van der Waals surface area contributed by atoms with Gasteiger partial charge in [0.1, 0.15) is 6.04 Å². The van der Waals surface area contributed by atoms with Crippen molar-refractivity contribution in [3.05, 3.63) is 90.1 Å². The number of rotatable bonds is 6. The van der Waals surface area contributed by atoms with Crippen molar-refractivity contribution in [2.24, 2.45) is 0 Å². The van der Waals surface area contributed by atoms with Crippen LogP contribution in [0.15, 0.2) is 77.5 Å². The van der Waals surface area contributed by atoms with Gasteiger partial charge in [-0.15, -0.1) is 0 Å². The molecule has 1 unspecified atom stereocenters. The minimum atomic E-state index is -0.425. The molecule has 0 radical (unpaired) electrons. The number of carbonyl (C=O) groups excluding carboxylic acids is 1. The van der Waals surface area contributed by atoms with Gasteiger partial charge in [-0.25, -0.2) is 14.6 Å². The van der Waals surface area contributed by atoms with Gasteiger partial charge in [0.05, 0.1) is 29.0 Å². The van der Waals surface area contributed by atoms with Gasteiger partial charge in [0.25, 0.3) is 5.91 Å². The Labute approximate surface area is 203 Å². The highest BCUT2D eigenvalue weighted by molar-refractivity contribution is 6.06. The predicted molar refractivity (Wildman–Crippen MR) is 136 cm³/mol. The third-order valence-electron chi connectivity index (χ3n) is 5.95. The van der Waals surface area contributed by atoms with Gasteiger partial charge in [0.15, 0.2) is 11.4 Å². The van der Waals surface area contributed by atoms with E-state index < -0.39 is 6.04 Å². The van der Waals surface area contributed by atoms with Crippen LogP contribution in [-0.4, -0.2) is 25.7 Å². The summed E-state index contributed by atoms with van der Waals surface area (Å²) in [4.78, 5) is 22.7.